The van der Waals surface area contributed by atoms with Crippen molar-refractivity contribution in [3.05, 3.63) is 36.0 Å². The summed E-state index contributed by atoms with van der Waals surface area (Å²) in [4.78, 5) is 8.01. The van der Waals surface area contributed by atoms with E-state index in [1.54, 1.807) is 0 Å². The summed E-state index contributed by atoms with van der Waals surface area (Å²) in [5.74, 6) is 0.889. The summed E-state index contributed by atoms with van der Waals surface area (Å²) in [5.41, 5.74) is 2.31. The average molecular weight is 400 g/mol. The normalized spacial score (nSPS) is 11.2. The van der Waals surface area contributed by atoms with E-state index < -0.39 is 0 Å². The van der Waals surface area contributed by atoms with Crippen molar-refractivity contribution in [2.75, 3.05) is 13.1 Å². The zero-order valence-corrected chi connectivity index (χ0v) is 15.1. The van der Waals surface area contributed by atoms with Crippen molar-refractivity contribution in [1.82, 2.24) is 15.6 Å². The van der Waals surface area contributed by atoms with Gasteiger partial charge in [0.1, 0.15) is 0 Å². The minimum atomic E-state index is 0. The molecule has 0 aliphatic rings. The van der Waals surface area contributed by atoms with Gasteiger partial charge < -0.3 is 15.6 Å². The molecule has 1 heterocycles. The van der Waals surface area contributed by atoms with E-state index in [0.29, 0.717) is 6.54 Å². The molecule has 0 bridgehead atoms. The number of benzene rings is 1. The van der Waals surface area contributed by atoms with Crippen LogP contribution in [0.25, 0.3) is 10.9 Å². The third-order valence-corrected chi connectivity index (χ3v) is 3.16. The minimum Gasteiger partial charge on any atom is -0.357 e. The molecule has 0 atom stereocenters. The van der Waals surface area contributed by atoms with E-state index in [2.05, 4.69) is 58.7 Å². The molecular weight excluding hydrogens is 375 g/mol. The summed E-state index contributed by atoms with van der Waals surface area (Å²) in [6, 6.07) is 10.5. The van der Waals surface area contributed by atoms with Gasteiger partial charge in [-0.15, -0.1) is 24.0 Å². The second kappa shape index (κ2) is 9.65. The molecule has 21 heavy (non-hydrogen) atoms. The number of guanidine groups is 1. The molecular formula is C16H25IN4. The first kappa shape index (κ1) is 17.8. The van der Waals surface area contributed by atoms with E-state index in [0.717, 1.165) is 31.2 Å². The molecule has 0 spiro atoms. The number of para-hydroxylation sites is 1. The largest absolute Gasteiger partial charge is 0.357 e. The lowest BCUT2D eigenvalue weighted by Gasteiger charge is -2.10. The molecule has 0 amide bonds. The van der Waals surface area contributed by atoms with E-state index in [-0.39, 0.29) is 24.0 Å². The fourth-order valence-electron chi connectivity index (χ4n) is 2.11. The molecule has 0 aliphatic carbocycles. The smallest absolute Gasteiger partial charge is 0.191 e. The Labute approximate surface area is 143 Å². The van der Waals surface area contributed by atoms with Gasteiger partial charge in [-0.25, -0.2) is 4.99 Å². The van der Waals surface area contributed by atoms with E-state index in [1.165, 1.54) is 17.3 Å². The first-order valence-corrected chi connectivity index (χ1v) is 7.42. The Bertz CT molecular complexity index is 529. The molecule has 0 saturated carbocycles. The fourth-order valence-corrected chi connectivity index (χ4v) is 2.11. The number of fused-ring (bicyclic) bond motifs is 1. The van der Waals surface area contributed by atoms with Gasteiger partial charge in [0, 0.05) is 24.3 Å². The van der Waals surface area contributed by atoms with Crippen molar-refractivity contribution in [1.29, 1.82) is 0 Å². The number of unbranched alkanes of at least 4 members (excludes halogenated alkanes) is 1. The predicted octanol–water partition coefficient (Wildman–Crippen LogP) is 3.64. The van der Waals surface area contributed by atoms with Crippen LogP contribution in [0.3, 0.4) is 0 Å². The Kier molecular flexibility index (Phi) is 8.19. The summed E-state index contributed by atoms with van der Waals surface area (Å²) in [5, 5.41) is 7.86. The predicted molar refractivity (Wildman–Crippen MR) is 101 cm³/mol. The molecule has 2 rings (SSSR count). The number of hydrogen-bond acceptors (Lipinski definition) is 1. The maximum Gasteiger partial charge on any atom is 0.191 e. The minimum absolute atomic E-state index is 0. The monoisotopic (exact) mass is 400 g/mol. The van der Waals surface area contributed by atoms with Crippen LogP contribution in [0.1, 0.15) is 32.4 Å². The lowest BCUT2D eigenvalue weighted by Crippen LogP contribution is -2.37. The Hall–Kier alpha value is -1.24. The highest BCUT2D eigenvalue weighted by Gasteiger charge is 2.00. The second-order valence-electron chi connectivity index (χ2n) is 4.86. The first-order valence-electron chi connectivity index (χ1n) is 7.42. The average Bonchev–Trinajstić information content (AvgIpc) is 2.87. The number of aliphatic imine (C=N–C) groups is 1. The van der Waals surface area contributed by atoms with Crippen molar-refractivity contribution < 1.29 is 0 Å². The van der Waals surface area contributed by atoms with E-state index in [9.17, 15) is 0 Å². The van der Waals surface area contributed by atoms with Gasteiger partial charge in [-0.05, 0) is 30.9 Å². The van der Waals surface area contributed by atoms with Gasteiger partial charge in [-0.3, -0.25) is 0 Å². The maximum absolute atomic E-state index is 4.61. The molecule has 4 nitrogen and oxygen atoms in total. The standard InChI is InChI=1S/C16H24N4.HI/c1-3-5-10-18-16(17-4-2)19-12-14-11-13-8-6-7-9-15(13)20-14;/h6-9,11,20H,3-5,10,12H2,1-2H3,(H2,17,18,19);1H. The van der Waals surface area contributed by atoms with Crippen molar-refractivity contribution in [3.63, 3.8) is 0 Å². The highest BCUT2D eigenvalue weighted by Crippen LogP contribution is 2.14. The maximum atomic E-state index is 4.61. The summed E-state index contributed by atoms with van der Waals surface area (Å²) in [6.45, 7) is 6.78. The van der Waals surface area contributed by atoms with Crippen LogP contribution >= 0.6 is 24.0 Å². The van der Waals surface area contributed by atoms with Gasteiger partial charge in [0.25, 0.3) is 0 Å². The SMILES string of the molecule is CCCCNC(=NCc1cc2ccccc2[nH]1)NCC.I. The number of nitrogens with one attached hydrogen (secondary N) is 3. The van der Waals surface area contributed by atoms with Crippen molar-refractivity contribution in [3.8, 4) is 0 Å². The van der Waals surface area contributed by atoms with Gasteiger partial charge in [0.05, 0.1) is 6.54 Å². The Morgan fingerprint density at radius 1 is 1.19 bits per heavy atom. The van der Waals surface area contributed by atoms with Crippen LogP contribution in [-0.2, 0) is 6.54 Å². The number of hydrogen-bond donors (Lipinski definition) is 3. The molecule has 1 aromatic heterocycles. The molecule has 0 radical (unpaired) electrons. The molecule has 0 aliphatic heterocycles. The zero-order valence-electron chi connectivity index (χ0n) is 12.8. The molecule has 116 valence electrons. The van der Waals surface area contributed by atoms with Crippen LogP contribution in [0.5, 0.6) is 0 Å². The Balaban J connectivity index is 0.00000220. The molecule has 2 aromatic rings. The fraction of sp³-hybridized carbons (Fsp3) is 0.438. The van der Waals surface area contributed by atoms with Gasteiger partial charge in [-0.1, -0.05) is 31.5 Å². The number of H-pyrrole nitrogens is 1. The lowest BCUT2D eigenvalue weighted by molar-refractivity contribution is 0.729. The molecule has 3 N–H and O–H groups in total. The third-order valence-electron chi connectivity index (χ3n) is 3.16. The van der Waals surface area contributed by atoms with E-state index in [1.807, 2.05) is 6.07 Å². The van der Waals surface area contributed by atoms with Crippen molar-refractivity contribution in [2.24, 2.45) is 4.99 Å². The number of aromatic nitrogens is 1. The highest BCUT2D eigenvalue weighted by molar-refractivity contribution is 14.0. The summed E-state index contributed by atoms with van der Waals surface area (Å²) >= 11 is 0. The first-order chi connectivity index (χ1) is 9.83. The molecule has 0 fully saturated rings. The Morgan fingerprint density at radius 3 is 2.71 bits per heavy atom. The number of rotatable bonds is 6. The van der Waals surface area contributed by atoms with E-state index >= 15 is 0 Å². The zero-order chi connectivity index (χ0) is 14.2. The summed E-state index contributed by atoms with van der Waals surface area (Å²) in [7, 11) is 0. The van der Waals surface area contributed by atoms with Crippen molar-refractivity contribution >= 4 is 40.8 Å². The number of halogens is 1. The van der Waals surface area contributed by atoms with Gasteiger partial charge >= 0.3 is 0 Å². The van der Waals surface area contributed by atoms with Crippen LogP contribution < -0.4 is 10.6 Å². The van der Waals surface area contributed by atoms with Crippen molar-refractivity contribution in [2.45, 2.75) is 33.2 Å². The summed E-state index contributed by atoms with van der Waals surface area (Å²) < 4.78 is 0. The molecule has 1 aromatic carbocycles. The lowest BCUT2D eigenvalue weighted by atomic mass is 10.2. The number of nitrogens with zero attached hydrogens (tertiary/aromatic N) is 1. The van der Waals surface area contributed by atoms with Gasteiger partial charge in [0.15, 0.2) is 5.96 Å². The summed E-state index contributed by atoms with van der Waals surface area (Å²) in [6.07, 6.45) is 2.35. The van der Waals surface area contributed by atoms with Crippen LogP contribution in [-0.4, -0.2) is 24.0 Å². The third kappa shape index (κ3) is 5.57. The number of aromatic amines is 1. The van der Waals surface area contributed by atoms with Crippen LogP contribution in [0, 0.1) is 0 Å². The van der Waals surface area contributed by atoms with Gasteiger partial charge in [0.2, 0.25) is 0 Å². The van der Waals surface area contributed by atoms with Crippen LogP contribution in [0.15, 0.2) is 35.3 Å². The van der Waals surface area contributed by atoms with Crippen LogP contribution in [0.4, 0.5) is 0 Å². The molecule has 0 unspecified atom stereocenters. The second-order valence-corrected chi connectivity index (χ2v) is 4.86. The van der Waals surface area contributed by atoms with Gasteiger partial charge in [-0.2, -0.15) is 0 Å². The Morgan fingerprint density at radius 2 is 2.00 bits per heavy atom. The van der Waals surface area contributed by atoms with E-state index in [4.69, 9.17) is 0 Å². The highest BCUT2D eigenvalue weighted by atomic mass is 127. The molecule has 0 saturated heterocycles. The topological polar surface area (TPSA) is 52.2 Å². The quantitative estimate of drug-likeness (QED) is 0.300. The van der Waals surface area contributed by atoms with Crippen LogP contribution in [0.2, 0.25) is 0 Å². The molecule has 5 heteroatoms.